The highest BCUT2D eigenvalue weighted by atomic mass is 16.3. The van der Waals surface area contributed by atoms with E-state index in [0.29, 0.717) is 12.8 Å². The molecule has 0 aromatic carbocycles. The summed E-state index contributed by atoms with van der Waals surface area (Å²) in [5.74, 6) is -0.122. The van der Waals surface area contributed by atoms with E-state index in [9.17, 15) is 9.90 Å². The molecular formula is C9H17NO2. The predicted octanol–water partition coefficient (Wildman–Crippen LogP) is 0.768. The summed E-state index contributed by atoms with van der Waals surface area (Å²) in [6.07, 6.45) is 2.22. The number of carbonyl (C=O) groups excluding carboxylic acids is 1. The van der Waals surface area contributed by atoms with Gasteiger partial charge in [0.2, 0.25) is 0 Å². The van der Waals surface area contributed by atoms with Gasteiger partial charge in [0.15, 0.2) is 0 Å². The van der Waals surface area contributed by atoms with Gasteiger partial charge in [-0.25, -0.2) is 0 Å². The molecule has 1 N–H and O–H groups in total. The van der Waals surface area contributed by atoms with Gasteiger partial charge >= 0.3 is 0 Å². The lowest BCUT2D eigenvalue weighted by Gasteiger charge is -2.39. The first-order chi connectivity index (χ1) is 5.47. The van der Waals surface area contributed by atoms with E-state index in [1.54, 1.807) is 11.9 Å². The van der Waals surface area contributed by atoms with Crippen LogP contribution in [0.5, 0.6) is 0 Å². The Hall–Kier alpha value is -0.570. The number of hydrogen-bond donors (Lipinski definition) is 1. The zero-order valence-corrected chi connectivity index (χ0v) is 8.00. The molecule has 1 saturated carbocycles. The molecule has 0 spiro atoms. The molecule has 1 aliphatic rings. The van der Waals surface area contributed by atoms with E-state index in [1.807, 2.05) is 13.8 Å². The van der Waals surface area contributed by atoms with Crippen molar-refractivity contribution in [2.45, 2.75) is 44.8 Å². The van der Waals surface area contributed by atoms with Crippen LogP contribution in [-0.2, 0) is 4.79 Å². The molecule has 1 fully saturated rings. The van der Waals surface area contributed by atoms with Gasteiger partial charge < -0.3 is 10.0 Å². The van der Waals surface area contributed by atoms with E-state index in [4.69, 9.17) is 0 Å². The number of rotatable bonds is 2. The van der Waals surface area contributed by atoms with Gasteiger partial charge in [-0.1, -0.05) is 0 Å². The van der Waals surface area contributed by atoms with Crippen molar-refractivity contribution < 1.29 is 9.90 Å². The minimum atomic E-state index is -1.03. The number of nitrogens with zero attached hydrogens (tertiary/aromatic N) is 1. The largest absolute Gasteiger partial charge is 0.380 e. The number of aliphatic hydroxyl groups is 1. The Kier molecular flexibility index (Phi) is 2.42. The fourth-order valence-corrected chi connectivity index (χ4v) is 1.29. The highest BCUT2D eigenvalue weighted by molar-refractivity contribution is 5.85. The third-order valence-corrected chi connectivity index (χ3v) is 2.67. The van der Waals surface area contributed by atoms with E-state index in [1.165, 1.54) is 0 Å². The van der Waals surface area contributed by atoms with Crippen LogP contribution in [-0.4, -0.2) is 34.6 Å². The monoisotopic (exact) mass is 171 g/mol. The topological polar surface area (TPSA) is 40.5 Å². The fourth-order valence-electron chi connectivity index (χ4n) is 1.29. The maximum absolute atomic E-state index is 11.6. The maximum atomic E-state index is 11.6. The molecule has 0 aliphatic heterocycles. The van der Waals surface area contributed by atoms with Crippen molar-refractivity contribution in [1.82, 2.24) is 4.90 Å². The molecule has 0 radical (unpaired) electrons. The first-order valence-corrected chi connectivity index (χ1v) is 4.47. The Balaban J connectivity index is 2.57. The SMILES string of the molecule is CC(C)N(C)C(=O)C1(O)CCC1. The molecule has 0 heterocycles. The van der Waals surface area contributed by atoms with Crippen molar-refractivity contribution >= 4 is 5.91 Å². The lowest BCUT2D eigenvalue weighted by Crippen LogP contribution is -2.53. The Bertz CT molecular complexity index is 185. The second kappa shape index (κ2) is 3.05. The number of likely N-dealkylation sites (N-methyl/N-ethyl adjacent to an activating group) is 1. The summed E-state index contributed by atoms with van der Waals surface area (Å²) in [7, 11) is 1.74. The Morgan fingerprint density at radius 3 is 2.25 bits per heavy atom. The van der Waals surface area contributed by atoms with Crippen LogP contribution in [0.1, 0.15) is 33.1 Å². The predicted molar refractivity (Wildman–Crippen MR) is 46.7 cm³/mol. The van der Waals surface area contributed by atoms with Gasteiger partial charge in [-0.05, 0) is 33.1 Å². The Morgan fingerprint density at radius 1 is 1.50 bits per heavy atom. The lowest BCUT2D eigenvalue weighted by atomic mass is 9.79. The zero-order valence-electron chi connectivity index (χ0n) is 8.00. The van der Waals surface area contributed by atoms with E-state index in [-0.39, 0.29) is 11.9 Å². The molecule has 0 bridgehead atoms. The molecular weight excluding hydrogens is 154 g/mol. The molecule has 0 saturated heterocycles. The molecule has 0 unspecified atom stereocenters. The summed E-state index contributed by atoms with van der Waals surface area (Å²) < 4.78 is 0. The highest BCUT2D eigenvalue weighted by Gasteiger charge is 2.43. The van der Waals surface area contributed by atoms with Crippen LogP contribution in [0.2, 0.25) is 0 Å². The summed E-state index contributed by atoms with van der Waals surface area (Å²) in [5.41, 5.74) is -1.03. The van der Waals surface area contributed by atoms with Gasteiger partial charge in [0.05, 0.1) is 0 Å². The van der Waals surface area contributed by atoms with Crippen LogP contribution in [0.15, 0.2) is 0 Å². The normalized spacial score (nSPS) is 20.4. The van der Waals surface area contributed by atoms with Crippen LogP contribution in [0, 0.1) is 0 Å². The number of carbonyl (C=O) groups is 1. The third kappa shape index (κ3) is 1.46. The van der Waals surface area contributed by atoms with Crippen molar-refractivity contribution in [3.8, 4) is 0 Å². The van der Waals surface area contributed by atoms with Gasteiger partial charge in [0.1, 0.15) is 5.60 Å². The van der Waals surface area contributed by atoms with Gasteiger partial charge in [-0.3, -0.25) is 4.79 Å². The summed E-state index contributed by atoms with van der Waals surface area (Å²) in [5, 5.41) is 9.71. The van der Waals surface area contributed by atoms with Crippen molar-refractivity contribution in [3.63, 3.8) is 0 Å². The Morgan fingerprint density at radius 2 is 2.00 bits per heavy atom. The average Bonchev–Trinajstić information content (AvgIpc) is 1.97. The second-order valence-corrected chi connectivity index (χ2v) is 3.89. The second-order valence-electron chi connectivity index (χ2n) is 3.89. The van der Waals surface area contributed by atoms with Crippen molar-refractivity contribution in [2.75, 3.05) is 7.05 Å². The lowest BCUT2D eigenvalue weighted by molar-refractivity contribution is -0.160. The van der Waals surface area contributed by atoms with Crippen molar-refractivity contribution in [1.29, 1.82) is 0 Å². The van der Waals surface area contributed by atoms with Crippen LogP contribution < -0.4 is 0 Å². The molecule has 1 rings (SSSR count). The van der Waals surface area contributed by atoms with E-state index in [0.717, 1.165) is 6.42 Å². The smallest absolute Gasteiger partial charge is 0.254 e. The van der Waals surface area contributed by atoms with Crippen LogP contribution in [0.3, 0.4) is 0 Å². The Labute approximate surface area is 73.4 Å². The van der Waals surface area contributed by atoms with Crippen LogP contribution in [0.25, 0.3) is 0 Å². The average molecular weight is 171 g/mol. The van der Waals surface area contributed by atoms with Gasteiger partial charge in [-0.2, -0.15) is 0 Å². The summed E-state index contributed by atoms with van der Waals surface area (Å²) in [6.45, 7) is 3.89. The van der Waals surface area contributed by atoms with Crippen molar-refractivity contribution in [2.24, 2.45) is 0 Å². The van der Waals surface area contributed by atoms with E-state index < -0.39 is 5.60 Å². The molecule has 70 valence electrons. The number of amides is 1. The van der Waals surface area contributed by atoms with Crippen LogP contribution >= 0.6 is 0 Å². The zero-order chi connectivity index (χ0) is 9.35. The molecule has 1 aliphatic carbocycles. The minimum absolute atomic E-state index is 0.122. The summed E-state index contributed by atoms with van der Waals surface area (Å²) in [6, 6.07) is 0.169. The molecule has 3 nitrogen and oxygen atoms in total. The number of hydrogen-bond acceptors (Lipinski definition) is 2. The fraction of sp³-hybridized carbons (Fsp3) is 0.889. The first kappa shape index (κ1) is 9.52. The molecule has 12 heavy (non-hydrogen) atoms. The molecule has 0 aromatic heterocycles. The molecule has 0 atom stereocenters. The minimum Gasteiger partial charge on any atom is -0.380 e. The van der Waals surface area contributed by atoms with Crippen molar-refractivity contribution in [3.05, 3.63) is 0 Å². The summed E-state index contributed by atoms with van der Waals surface area (Å²) in [4.78, 5) is 13.2. The quantitative estimate of drug-likeness (QED) is 0.666. The standard InChI is InChI=1S/C9H17NO2/c1-7(2)10(3)8(11)9(12)5-4-6-9/h7,12H,4-6H2,1-3H3. The first-order valence-electron chi connectivity index (χ1n) is 4.47. The molecule has 1 amide bonds. The third-order valence-electron chi connectivity index (χ3n) is 2.67. The maximum Gasteiger partial charge on any atom is 0.254 e. The van der Waals surface area contributed by atoms with Gasteiger partial charge in [0.25, 0.3) is 5.91 Å². The summed E-state index contributed by atoms with van der Waals surface area (Å²) >= 11 is 0. The molecule has 0 aromatic rings. The molecule has 3 heteroatoms. The highest BCUT2D eigenvalue weighted by Crippen LogP contribution is 2.33. The van der Waals surface area contributed by atoms with Gasteiger partial charge in [0, 0.05) is 13.1 Å². The van der Waals surface area contributed by atoms with E-state index in [2.05, 4.69) is 0 Å². The van der Waals surface area contributed by atoms with Gasteiger partial charge in [-0.15, -0.1) is 0 Å². The van der Waals surface area contributed by atoms with Crippen LogP contribution in [0.4, 0.5) is 0 Å². The van der Waals surface area contributed by atoms with E-state index >= 15 is 0 Å².